The molecule has 0 spiro atoms. The van der Waals surface area contributed by atoms with Gasteiger partial charge in [-0.3, -0.25) is 9.69 Å². The van der Waals surface area contributed by atoms with Crippen molar-refractivity contribution in [2.24, 2.45) is 0 Å². The number of ether oxygens (including phenoxy) is 1. The standard InChI is InChI=1S/C9H19NO3/c1-7(5-6-13-4)10(3)8(2)9(11)12/h7-8H,5-6H2,1-4H3,(H,11,12). The van der Waals surface area contributed by atoms with Gasteiger partial charge >= 0.3 is 5.97 Å². The van der Waals surface area contributed by atoms with E-state index in [1.165, 1.54) is 0 Å². The van der Waals surface area contributed by atoms with E-state index in [1.807, 2.05) is 18.9 Å². The molecule has 1 N–H and O–H groups in total. The molecule has 0 aromatic rings. The van der Waals surface area contributed by atoms with Crippen molar-refractivity contribution in [2.45, 2.75) is 32.4 Å². The summed E-state index contributed by atoms with van der Waals surface area (Å²) in [5.41, 5.74) is 0. The van der Waals surface area contributed by atoms with Gasteiger partial charge in [0, 0.05) is 19.8 Å². The highest BCUT2D eigenvalue weighted by Crippen LogP contribution is 2.06. The van der Waals surface area contributed by atoms with Gasteiger partial charge in [0.25, 0.3) is 0 Å². The third kappa shape index (κ3) is 4.24. The van der Waals surface area contributed by atoms with E-state index < -0.39 is 12.0 Å². The van der Waals surface area contributed by atoms with Gasteiger partial charge in [-0.25, -0.2) is 0 Å². The van der Waals surface area contributed by atoms with E-state index >= 15 is 0 Å². The molecule has 2 unspecified atom stereocenters. The monoisotopic (exact) mass is 189 g/mol. The zero-order chi connectivity index (χ0) is 10.4. The Bertz CT molecular complexity index is 161. The Morgan fingerprint density at radius 2 is 2.08 bits per heavy atom. The number of hydrogen-bond donors (Lipinski definition) is 1. The fraction of sp³-hybridized carbons (Fsp3) is 0.889. The molecule has 0 fully saturated rings. The molecule has 0 radical (unpaired) electrons. The minimum atomic E-state index is -0.785. The molecule has 13 heavy (non-hydrogen) atoms. The van der Waals surface area contributed by atoms with Crippen LogP contribution in [0.1, 0.15) is 20.3 Å². The molecule has 0 aliphatic rings. The lowest BCUT2D eigenvalue weighted by Gasteiger charge is -2.27. The van der Waals surface area contributed by atoms with Gasteiger partial charge < -0.3 is 9.84 Å². The quantitative estimate of drug-likeness (QED) is 0.672. The number of carbonyl (C=O) groups is 1. The lowest BCUT2D eigenvalue weighted by atomic mass is 10.2. The van der Waals surface area contributed by atoms with Crippen molar-refractivity contribution in [2.75, 3.05) is 20.8 Å². The van der Waals surface area contributed by atoms with Crippen molar-refractivity contribution in [3.63, 3.8) is 0 Å². The SMILES string of the molecule is COCCC(C)N(C)C(C)C(=O)O. The summed E-state index contributed by atoms with van der Waals surface area (Å²) in [6, 6.07) is -0.210. The van der Waals surface area contributed by atoms with Crippen LogP contribution in [0.5, 0.6) is 0 Å². The second kappa shape index (κ2) is 5.94. The zero-order valence-electron chi connectivity index (χ0n) is 8.78. The molecular formula is C9H19NO3. The molecule has 78 valence electrons. The highest BCUT2D eigenvalue weighted by molar-refractivity contribution is 5.72. The molecule has 0 heterocycles. The molecule has 0 saturated carbocycles. The van der Waals surface area contributed by atoms with Crippen molar-refractivity contribution in [3.8, 4) is 0 Å². The number of carboxylic acid groups (broad SMARTS) is 1. The van der Waals surface area contributed by atoms with E-state index in [0.29, 0.717) is 6.61 Å². The Kier molecular flexibility index (Phi) is 5.66. The van der Waals surface area contributed by atoms with Crippen LogP contribution < -0.4 is 0 Å². The third-order valence-corrected chi connectivity index (χ3v) is 2.40. The molecule has 0 aliphatic heterocycles. The Morgan fingerprint density at radius 3 is 2.46 bits per heavy atom. The van der Waals surface area contributed by atoms with Gasteiger partial charge in [0.15, 0.2) is 0 Å². The second-order valence-corrected chi connectivity index (χ2v) is 3.31. The molecule has 0 aromatic carbocycles. The fourth-order valence-electron chi connectivity index (χ4n) is 1.05. The number of methoxy groups -OCH3 is 1. The number of likely N-dealkylation sites (N-methyl/N-ethyl adjacent to an activating group) is 1. The molecule has 4 nitrogen and oxygen atoms in total. The van der Waals surface area contributed by atoms with Crippen LogP contribution >= 0.6 is 0 Å². The second-order valence-electron chi connectivity index (χ2n) is 3.31. The van der Waals surface area contributed by atoms with Crippen LogP contribution in [0.2, 0.25) is 0 Å². The number of carboxylic acids is 1. The smallest absolute Gasteiger partial charge is 0.320 e. The molecule has 0 aliphatic carbocycles. The van der Waals surface area contributed by atoms with Crippen molar-refractivity contribution >= 4 is 5.97 Å². The van der Waals surface area contributed by atoms with Gasteiger partial charge in [-0.1, -0.05) is 0 Å². The molecule has 2 atom stereocenters. The summed E-state index contributed by atoms with van der Waals surface area (Å²) in [5.74, 6) is -0.785. The summed E-state index contributed by atoms with van der Waals surface area (Å²) < 4.78 is 4.93. The van der Waals surface area contributed by atoms with Crippen LogP contribution in [-0.2, 0) is 9.53 Å². The van der Waals surface area contributed by atoms with Crippen LogP contribution in [-0.4, -0.2) is 48.8 Å². The summed E-state index contributed by atoms with van der Waals surface area (Å²) in [6.07, 6.45) is 0.852. The predicted octanol–water partition coefficient (Wildman–Crippen LogP) is 0.816. The fourth-order valence-corrected chi connectivity index (χ4v) is 1.05. The largest absolute Gasteiger partial charge is 0.480 e. The van der Waals surface area contributed by atoms with E-state index in [2.05, 4.69) is 0 Å². The summed E-state index contributed by atoms with van der Waals surface area (Å²) in [4.78, 5) is 12.5. The number of rotatable bonds is 6. The summed E-state index contributed by atoms with van der Waals surface area (Å²) >= 11 is 0. The minimum Gasteiger partial charge on any atom is -0.480 e. The van der Waals surface area contributed by atoms with E-state index in [1.54, 1.807) is 14.0 Å². The van der Waals surface area contributed by atoms with Crippen LogP contribution in [0, 0.1) is 0 Å². The van der Waals surface area contributed by atoms with Gasteiger partial charge in [0.1, 0.15) is 6.04 Å². The van der Waals surface area contributed by atoms with Crippen molar-refractivity contribution < 1.29 is 14.6 Å². The molecule has 4 heteroatoms. The first-order valence-corrected chi connectivity index (χ1v) is 4.44. The van der Waals surface area contributed by atoms with Crippen molar-refractivity contribution in [1.82, 2.24) is 4.90 Å². The average molecular weight is 189 g/mol. The molecule has 0 bridgehead atoms. The first-order chi connectivity index (χ1) is 6.00. The van der Waals surface area contributed by atoms with E-state index in [-0.39, 0.29) is 6.04 Å². The normalized spacial score (nSPS) is 15.8. The third-order valence-electron chi connectivity index (χ3n) is 2.40. The maximum Gasteiger partial charge on any atom is 0.320 e. The van der Waals surface area contributed by atoms with Gasteiger partial charge in [0.05, 0.1) is 0 Å². The van der Waals surface area contributed by atoms with Gasteiger partial charge in [-0.05, 0) is 27.3 Å². The van der Waals surface area contributed by atoms with Crippen molar-refractivity contribution in [3.05, 3.63) is 0 Å². The first kappa shape index (κ1) is 12.4. The maximum atomic E-state index is 10.6. The van der Waals surface area contributed by atoms with Crippen LogP contribution in [0.4, 0.5) is 0 Å². The van der Waals surface area contributed by atoms with Crippen molar-refractivity contribution in [1.29, 1.82) is 0 Å². The highest BCUT2D eigenvalue weighted by Gasteiger charge is 2.20. The van der Waals surface area contributed by atoms with Crippen LogP contribution in [0.15, 0.2) is 0 Å². The molecule has 0 amide bonds. The Morgan fingerprint density at radius 1 is 1.54 bits per heavy atom. The van der Waals surface area contributed by atoms with E-state index in [0.717, 1.165) is 6.42 Å². The lowest BCUT2D eigenvalue weighted by Crippen LogP contribution is -2.42. The van der Waals surface area contributed by atoms with Gasteiger partial charge in [0.2, 0.25) is 0 Å². The Labute approximate surface area is 79.5 Å². The zero-order valence-corrected chi connectivity index (χ0v) is 8.78. The Hall–Kier alpha value is -0.610. The number of nitrogens with zero attached hydrogens (tertiary/aromatic N) is 1. The van der Waals surface area contributed by atoms with Gasteiger partial charge in [-0.15, -0.1) is 0 Å². The maximum absolute atomic E-state index is 10.6. The number of aliphatic carboxylic acids is 1. The van der Waals surface area contributed by atoms with Crippen LogP contribution in [0.3, 0.4) is 0 Å². The average Bonchev–Trinajstić information content (AvgIpc) is 2.11. The van der Waals surface area contributed by atoms with Crippen LogP contribution in [0.25, 0.3) is 0 Å². The Balaban J connectivity index is 3.93. The number of hydrogen-bond acceptors (Lipinski definition) is 3. The molecular weight excluding hydrogens is 170 g/mol. The van der Waals surface area contributed by atoms with Gasteiger partial charge in [-0.2, -0.15) is 0 Å². The van der Waals surface area contributed by atoms with E-state index in [9.17, 15) is 4.79 Å². The summed E-state index contributed by atoms with van der Waals surface area (Å²) in [7, 11) is 3.46. The molecule has 0 saturated heterocycles. The summed E-state index contributed by atoms with van der Waals surface area (Å²) in [6.45, 7) is 4.35. The molecule has 0 aromatic heterocycles. The lowest BCUT2D eigenvalue weighted by molar-refractivity contribution is -0.142. The predicted molar refractivity (Wildman–Crippen MR) is 50.8 cm³/mol. The summed E-state index contributed by atoms with van der Waals surface area (Å²) in [5, 5.41) is 8.75. The highest BCUT2D eigenvalue weighted by atomic mass is 16.5. The van der Waals surface area contributed by atoms with E-state index in [4.69, 9.17) is 9.84 Å². The minimum absolute atomic E-state index is 0.228. The topological polar surface area (TPSA) is 49.8 Å². The first-order valence-electron chi connectivity index (χ1n) is 4.44. The molecule has 0 rings (SSSR count).